The van der Waals surface area contributed by atoms with Crippen LogP contribution in [0, 0.1) is 0 Å². The molecule has 2 rings (SSSR count). The monoisotopic (exact) mass is 348 g/mol. The van der Waals surface area contributed by atoms with Crippen molar-refractivity contribution in [2.24, 2.45) is 0 Å². The van der Waals surface area contributed by atoms with Crippen molar-refractivity contribution < 1.29 is 14.3 Å². The van der Waals surface area contributed by atoms with Gasteiger partial charge < -0.3 is 14.8 Å². The molecule has 25 heavy (non-hydrogen) atoms. The lowest BCUT2D eigenvalue weighted by molar-refractivity contribution is -0.139. The summed E-state index contributed by atoms with van der Waals surface area (Å²) in [7, 11) is 0. The van der Waals surface area contributed by atoms with Crippen molar-refractivity contribution in [3.8, 4) is 5.75 Å². The van der Waals surface area contributed by atoms with Crippen molar-refractivity contribution >= 4 is 11.6 Å². The zero-order chi connectivity index (χ0) is 18.1. The van der Waals surface area contributed by atoms with Crippen LogP contribution in [-0.4, -0.2) is 49.3 Å². The number of likely N-dealkylation sites (tertiary alicyclic amines) is 1. The number of hydrogen-bond donors (Lipinski definition) is 1. The van der Waals surface area contributed by atoms with Gasteiger partial charge in [0, 0.05) is 18.8 Å². The van der Waals surface area contributed by atoms with Crippen LogP contribution in [0.4, 0.5) is 5.69 Å². The van der Waals surface area contributed by atoms with Gasteiger partial charge in [-0.15, -0.1) is 0 Å². The van der Waals surface area contributed by atoms with E-state index in [1.165, 1.54) is 32.4 Å². The van der Waals surface area contributed by atoms with Crippen molar-refractivity contribution in [1.29, 1.82) is 0 Å². The molecule has 1 N–H and O–H groups in total. The normalized spacial score (nSPS) is 17.7. The Morgan fingerprint density at radius 3 is 2.44 bits per heavy atom. The molecule has 0 saturated carbocycles. The number of nitrogens with zero attached hydrogens (tertiary/aromatic N) is 1. The number of anilines is 1. The van der Waals surface area contributed by atoms with Crippen LogP contribution < -0.4 is 10.1 Å². The van der Waals surface area contributed by atoms with Crippen LogP contribution in [0.2, 0.25) is 0 Å². The number of nitrogens with one attached hydrogen (secondary N) is 1. The van der Waals surface area contributed by atoms with Gasteiger partial charge in [-0.3, -0.25) is 9.69 Å². The van der Waals surface area contributed by atoms with Crippen molar-refractivity contribution in [1.82, 2.24) is 4.90 Å². The summed E-state index contributed by atoms with van der Waals surface area (Å²) in [6.07, 6.45) is 4.58. The molecular weight excluding hydrogens is 316 g/mol. The third-order valence-corrected chi connectivity index (χ3v) is 4.86. The van der Waals surface area contributed by atoms with Crippen LogP contribution >= 0.6 is 0 Å². The molecule has 1 aromatic carbocycles. The summed E-state index contributed by atoms with van der Waals surface area (Å²) in [6, 6.07) is 7.54. The summed E-state index contributed by atoms with van der Waals surface area (Å²) in [5, 5.41) is 2.93. The Bertz CT molecular complexity index is 526. The minimum atomic E-state index is -0.793. The first-order valence-corrected chi connectivity index (χ1v) is 9.48. The van der Waals surface area contributed by atoms with Crippen LogP contribution in [0.5, 0.6) is 5.75 Å². The maximum atomic E-state index is 12.4. The van der Waals surface area contributed by atoms with E-state index in [9.17, 15) is 4.79 Å². The molecule has 0 radical (unpaired) electrons. The smallest absolute Gasteiger partial charge is 0.256 e. The van der Waals surface area contributed by atoms with Gasteiger partial charge in [-0.2, -0.15) is 0 Å². The van der Waals surface area contributed by atoms with E-state index in [1.807, 2.05) is 45.0 Å². The molecule has 0 aliphatic carbocycles. The number of piperidine rings is 1. The van der Waals surface area contributed by atoms with Crippen molar-refractivity contribution in [3.05, 3.63) is 24.3 Å². The molecule has 140 valence electrons. The van der Waals surface area contributed by atoms with Gasteiger partial charge >= 0.3 is 0 Å². The zero-order valence-electron chi connectivity index (χ0n) is 15.8. The second-order valence-corrected chi connectivity index (χ2v) is 6.75. The summed E-state index contributed by atoms with van der Waals surface area (Å²) < 4.78 is 11.4. The molecular formula is C20H32N2O3. The maximum Gasteiger partial charge on any atom is 0.256 e. The third-order valence-electron chi connectivity index (χ3n) is 4.86. The number of carbonyl (C=O) groups is 1. The van der Waals surface area contributed by atoms with Gasteiger partial charge in [0.05, 0.1) is 0 Å². The molecule has 1 heterocycles. The highest BCUT2D eigenvalue weighted by Gasteiger charge is 2.31. The highest BCUT2D eigenvalue weighted by Crippen LogP contribution is 2.21. The molecule has 1 amide bonds. The van der Waals surface area contributed by atoms with E-state index in [4.69, 9.17) is 9.47 Å². The third kappa shape index (κ3) is 6.01. The van der Waals surface area contributed by atoms with Crippen LogP contribution in [-0.2, 0) is 9.53 Å². The first kappa shape index (κ1) is 19.7. The van der Waals surface area contributed by atoms with E-state index in [0.29, 0.717) is 19.6 Å². The number of rotatable bonds is 9. The molecule has 5 heteroatoms. The van der Waals surface area contributed by atoms with Gasteiger partial charge in [0.2, 0.25) is 0 Å². The Hall–Kier alpha value is -1.59. The Kier molecular flexibility index (Phi) is 7.72. The average molecular weight is 348 g/mol. The van der Waals surface area contributed by atoms with Crippen LogP contribution in [0.15, 0.2) is 24.3 Å². The second kappa shape index (κ2) is 9.78. The van der Waals surface area contributed by atoms with Gasteiger partial charge in [-0.1, -0.05) is 13.3 Å². The molecule has 0 bridgehead atoms. The Morgan fingerprint density at radius 2 is 1.84 bits per heavy atom. The van der Waals surface area contributed by atoms with E-state index in [-0.39, 0.29) is 5.91 Å². The lowest BCUT2D eigenvalue weighted by Crippen LogP contribution is -2.42. The van der Waals surface area contributed by atoms with Crippen molar-refractivity contribution in [3.63, 3.8) is 0 Å². The molecule has 0 aromatic heterocycles. The molecule has 0 spiro atoms. The van der Waals surface area contributed by atoms with E-state index >= 15 is 0 Å². The van der Waals surface area contributed by atoms with Gasteiger partial charge in [0.25, 0.3) is 5.91 Å². The lowest BCUT2D eigenvalue weighted by atomic mass is 10.0. The quantitative estimate of drug-likeness (QED) is 0.739. The number of amides is 1. The van der Waals surface area contributed by atoms with E-state index in [2.05, 4.69) is 10.2 Å². The SMILES string of the molecule is CCO[C@@](C)(CC)C(=O)Nc1ccc(OCCN2CCCCC2)cc1. The predicted octanol–water partition coefficient (Wildman–Crippen LogP) is 3.70. The summed E-state index contributed by atoms with van der Waals surface area (Å²) in [5.41, 5.74) is -0.0361. The fourth-order valence-electron chi connectivity index (χ4n) is 3.02. The Morgan fingerprint density at radius 1 is 1.16 bits per heavy atom. The molecule has 1 aliphatic rings. The summed E-state index contributed by atoms with van der Waals surface area (Å²) in [4.78, 5) is 14.9. The first-order valence-electron chi connectivity index (χ1n) is 9.48. The van der Waals surface area contributed by atoms with Crippen molar-refractivity contribution in [2.75, 3.05) is 38.2 Å². The largest absolute Gasteiger partial charge is 0.492 e. The highest BCUT2D eigenvalue weighted by atomic mass is 16.5. The van der Waals surface area contributed by atoms with E-state index < -0.39 is 5.60 Å². The second-order valence-electron chi connectivity index (χ2n) is 6.75. The number of carbonyl (C=O) groups excluding carboxylic acids is 1. The number of benzene rings is 1. The average Bonchev–Trinajstić information content (AvgIpc) is 2.64. The molecule has 1 atom stereocenters. The van der Waals surface area contributed by atoms with Gasteiger partial charge in [-0.25, -0.2) is 0 Å². The van der Waals surface area contributed by atoms with Crippen LogP contribution in [0.3, 0.4) is 0 Å². The Balaban J connectivity index is 1.79. The number of hydrogen-bond acceptors (Lipinski definition) is 4. The molecule has 1 aromatic rings. The minimum Gasteiger partial charge on any atom is -0.492 e. The number of ether oxygens (including phenoxy) is 2. The topological polar surface area (TPSA) is 50.8 Å². The van der Waals surface area contributed by atoms with Crippen molar-refractivity contribution in [2.45, 2.75) is 52.1 Å². The highest BCUT2D eigenvalue weighted by molar-refractivity contribution is 5.97. The summed E-state index contributed by atoms with van der Waals surface area (Å²) >= 11 is 0. The van der Waals surface area contributed by atoms with Crippen LogP contribution in [0.25, 0.3) is 0 Å². The summed E-state index contributed by atoms with van der Waals surface area (Å²) in [6.45, 7) is 10.2. The van der Waals surface area contributed by atoms with Crippen LogP contribution in [0.1, 0.15) is 46.5 Å². The molecule has 0 unspecified atom stereocenters. The zero-order valence-corrected chi connectivity index (χ0v) is 15.8. The minimum absolute atomic E-state index is 0.115. The standard InChI is InChI=1S/C20H32N2O3/c1-4-20(3,25-5-2)19(23)21-17-9-11-18(12-10-17)24-16-15-22-13-7-6-8-14-22/h9-12H,4-8,13-16H2,1-3H3,(H,21,23)/t20-/m0/s1. The fraction of sp³-hybridized carbons (Fsp3) is 0.650. The molecule has 1 saturated heterocycles. The Labute approximate surface area is 151 Å². The van der Waals surface area contributed by atoms with E-state index in [0.717, 1.165) is 18.0 Å². The lowest BCUT2D eigenvalue weighted by Gasteiger charge is -2.27. The predicted molar refractivity (Wildman–Crippen MR) is 101 cm³/mol. The fourth-order valence-corrected chi connectivity index (χ4v) is 3.02. The summed E-state index contributed by atoms with van der Waals surface area (Å²) in [5.74, 6) is 0.716. The molecule has 5 nitrogen and oxygen atoms in total. The van der Waals surface area contributed by atoms with E-state index in [1.54, 1.807) is 0 Å². The maximum absolute atomic E-state index is 12.4. The van der Waals surface area contributed by atoms with Gasteiger partial charge in [-0.05, 0) is 70.5 Å². The molecule has 1 fully saturated rings. The van der Waals surface area contributed by atoms with Gasteiger partial charge in [0.1, 0.15) is 18.0 Å². The van der Waals surface area contributed by atoms with Gasteiger partial charge in [0.15, 0.2) is 0 Å². The first-order chi connectivity index (χ1) is 12.1. The molecule has 1 aliphatic heterocycles.